The number of aliphatic hydroxyl groups is 2. The van der Waals surface area contributed by atoms with Crippen molar-refractivity contribution >= 4 is 0 Å². The monoisotopic (exact) mass is 296 g/mol. The molecule has 0 fully saturated rings. The Hall–Kier alpha value is -1.64. The largest absolute Gasteiger partial charge is 0.392 e. The Balaban J connectivity index is 1.64. The summed E-state index contributed by atoms with van der Waals surface area (Å²) in [4.78, 5) is 0. The highest BCUT2D eigenvalue weighted by Crippen LogP contribution is 2.33. The van der Waals surface area contributed by atoms with Gasteiger partial charge >= 0.3 is 0 Å². The van der Waals surface area contributed by atoms with Crippen LogP contribution >= 0.6 is 0 Å². The number of aliphatic hydroxyl groups excluding tert-OH is 2. The second kappa shape index (κ2) is 7.08. The van der Waals surface area contributed by atoms with Gasteiger partial charge in [-0.2, -0.15) is 0 Å². The highest BCUT2D eigenvalue weighted by Gasteiger charge is 2.29. The van der Waals surface area contributed by atoms with Crippen molar-refractivity contribution in [3.8, 4) is 0 Å². The van der Waals surface area contributed by atoms with E-state index in [1.54, 1.807) is 0 Å². The normalized spacial score (nSPS) is 23.6. The Bertz CT molecular complexity index is 478. The lowest BCUT2D eigenvalue weighted by Crippen LogP contribution is -2.28. The summed E-state index contributed by atoms with van der Waals surface area (Å²) < 4.78 is 0. The fourth-order valence-corrected chi connectivity index (χ4v) is 3.52. The maximum Gasteiger partial charge on any atom is 0.0640 e. The summed E-state index contributed by atoms with van der Waals surface area (Å²) >= 11 is 0. The molecule has 0 saturated heterocycles. The van der Waals surface area contributed by atoms with Gasteiger partial charge in [-0.1, -0.05) is 72.9 Å². The van der Waals surface area contributed by atoms with Gasteiger partial charge in [-0.05, 0) is 24.7 Å². The highest BCUT2D eigenvalue weighted by atomic mass is 16.3. The summed E-state index contributed by atoms with van der Waals surface area (Å²) in [6.07, 6.45) is 25.2. The van der Waals surface area contributed by atoms with Crippen molar-refractivity contribution in [1.29, 1.82) is 0 Å². The van der Waals surface area contributed by atoms with Crippen LogP contribution in [0.5, 0.6) is 0 Å². The lowest BCUT2D eigenvalue weighted by atomic mass is 9.80. The van der Waals surface area contributed by atoms with Gasteiger partial charge in [0, 0.05) is 11.8 Å². The van der Waals surface area contributed by atoms with Gasteiger partial charge < -0.3 is 10.2 Å². The van der Waals surface area contributed by atoms with Crippen molar-refractivity contribution in [1.82, 2.24) is 0 Å². The van der Waals surface area contributed by atoms with E-state index in [0.29, 0.717) is 18.8 Å². The second-order valence-electron chi connectivity index (χ2n) is 6.41. The van der Waals surface area contributed by atoms with Gasteiger partial charge in [-0.3, -0.25) is 0 Å². The quantitative estimate of drug-likeness (QED) is 0.756. The first-order valence-corrected chi connectivity index (χ1v) is 8.15. The predicted octanol–water partition coefficient (Wildman–Crippen LogP) is 3.33. The van der Waals surface area contributed by atoms with Crippen LogP contribution in [0.4, 0.5) is 0 Å². The van der Waals surface area contributed by atoms with Crippen LogP contribution in [-0.2, 0) is 0 Å². The van der Waals surface area contributed by atoms with Crippen LogP contribution in [0.2, 0.25) is 0 Å². The van der Waals surface area contributed by atoms with Crippen LogP contribution in [0.1, 0.15) is 12.8 Å². The first-order valence-electron chi connectivity index (χ1n) is 8.15. The van der Waals surface area contributed by atoms with Gasteiger partial charge in [0.15, 0.2) is 0 Å². The molecule has 0 heterocycles. The predicted molar refractivity (Wildman–Crippen MR) is 90.0 cm³/mol. The molecule has 0 saturated carbocycles. The molecule has 22 heavy (non-hydrogen) atoms. The summed E-state index contributed by atoms with van der Waals surface area (Å²) in [5, 5.41) is 21.0. The summed E-state index contributed by atoms with van der Waals surface area (Å²) in [7, 11) is 0. The van der Waals surface area contributed by atoms with Crippen LogP contribution in [0.15, 0.2) is 72.9 Å². The van der Waals surface area contributed by atoms with Crippen LogP contribution in [0, 0.1) is 23.7 Å². The SMILES string of the molecule is O[C@@H](CC(C[C@H](O)C1C=CC=C1)C1C=CC=C1)C1C=CC=C1. The lowest BCUT2D eigenvalue weighted by molar-refractivity contribution is 0.0735. The molecule has 116 valence electrons. The molecule has 2 N–H and O–H groups in total. The summed E-state index contributed by atoms with van der Waals surface area (Å²) in [5.74, 6) is 0.790. The van der Waals surface area contributed by atoms with Gasteiger partial charge in [0.25, 0.3) is 0 Å². The van der Waals surface area contributed by atoms with Crippen molar-refractivity contribution in [2.75, 3.05) is 0 Å². The van der Waals surface area contributed by atoms with Crippen LogP contribution in [-0.4, -0.2) is 22.4 Å². The summed E-state index contributed by atoms with van der Waals surface area (Å²) in [6.45, 7) is 0. The molecule has 3 rings (SSSR count). The summed E-state index contributed by atoms with van der Waals surface area (Å²) in [6, 6.07) is 0. The fraction of sp³-hybridized carbons (Fsp3) is 0.400. The van der Waals surface area contributed by atoms with Crippen LogP contribution in [0.25, 0.3) is 0 Å². The molecule has 0 spiro atoms. The second-order valence-corrected chi connectivity index (χ2v) is 6.41. The zero-order chi connectivity index (χ0) is 15.4. The van der Waals surface area contributed by atoms with Gasteiger partial charge in [-0.25, -0.2) is 0 Å². The molecule has 2 heteroatoms. The standard InChI is InChI=1S/C20H24O2/c21-19(16-9-3-4-10-16)13-18(15-7-1-2-8-15)14-20(22)17-11-5-6-12-17/h1-12,15-22H,13-14H2/t19-,20-/m0/s1. The average molecular weight is 296 g/mol. The Kier molecular flexibility index (Phi) is 4.91. The maximum absolute atomic E-state index is 10.5. The highest BCUT2D eigenvalue weighted by molar-refractivity contribution is 5.22. The Morgan fingerprint density at radius 1 is 0.545 bits per heavy atom. The minimum atomic E-state index is -0.385. The maximum atomic E-state index is 10.5. The molecule has 0 aromatic carbocycles. The van der Waals surface area contributed by atoms with E-state index in [1.165, 1.54) is 0 Å². The Morgan fingerprint density at radius 3 is 1.23 bits per heavy atom. The van der Waals surface area contributed by atoms with Crippen LogP contribution < -0.4 is 0 Å². The first kappa shape index (κ1) is 15.3. The van der Waals surface area contributed by atoms with Crippen molar-refractivity contribution in [2.24, 2.45) is 23.7 Å². The van der Waals surface area contributed by atoms with E-state index in [4.69, 9.17) is 0 Å². The third kappa shape index (κ3) is 3.57. The zero-order valence-electron chi connectivity index (χ0n) is 12.7. The smallest absolute Gasteiger partial charge is 0.0640 e. The molecule has 0 radical (unpaired) electrons. The molecular formula is C20H24O2. The zero-order valence-corrected chi connectivity index (χ0v) is 12.7. The number of allylic oxidation sites excluding steroid dienone is 8. The van der Waals surface area contributed by atoms with Crippen molar-refractivity contribution in [3.63, 3.8) is 0 Å². The molecular weight excluding hydrogens is 272 g/mol. The molecule has 3 aliphatic rings. The molecule has 0 aromatic rings. The van der Waals surface area contributed by atoms with E-state index in [2.05, 4.69) is 24.3 Å². The molecule has 2 atom stereocenters. The van der Waals surface area contributed by atoms with Gasteiger partial charge in [0.2, 0.25) is 0 Å². The molecule has 0 amide bonds. The third-order valence-corrected chi connectivity index (χ3v) is 4.85. The summed E-state index contributed by atoms with van der Waals surface area (Å²) in [5.41, 5.74) is 0. The van der Waals surface area contributed by atoms with E-state index in [9.17, 15) is 10.2 Å². The average Bonchev–Trinajstić information content (AvgIpc) is 3.29. The topological polar surface area (TPSA) is 40.5 Å². The van der Waals surface area contributed by atoms with Crippen LogP contribution in [0.3, 0.4) is 0 Å². The Labute approximate surface area is 132 Å². The van der Waals surface area contributed by atoms with Crippen molar-refractivity contribution in [3.05, 3.63) is 72.9 Å². The van der Waals surface area contributed by atoms with Gasteiger partial charge in [0.1, 0.15) is 0 Å². The van der Waals surface area contributed by atoms with E-state index in [0.717, 1.165) is 0 Å². The number of hydrogen-bond acceptors (Lipinski definition) is 2. The fourth-order valence-electron chi connectivity index (χ4n) is 3.52. The first-order chi connectivity index (χ1) is 10.7. The van der Waals surface area contributed by atoms with E-state index < -0.39 is 0 Å². The molecule has 0 bridgehead atoms. The molecule has 2 nitrogen and oxygen atoms in total. The molecule has 0 aliphatic heterocycles. The van der Waals surface area contributed by atoms with Crippen molar-refractivity contribution < 1.29 is 10.2 Å². The van der Waals surface area contributed by atoms with E-state index >= 15 is 0 Å². The lowest BCUT2D eigenvalue weighted by Gasteiger charge is -2.29. The molecule has 3 aliphatic carbocycles. The van der Waals surface area contributed by atoms with Gasteiger partial charge in [0.05, 0.1) is 12.2 Å². The number of rotatable bonds is 7. The minimum absolute atomic E-state index is 0.111. The van der Waals surface area contributed by atoms with E-state index in [-0.39, 0.29) is 30.0 Å². The Morgan fingerprint density at radius 2 is 0.864 bits per heavy atom. The molecule has 0 unspecified atom stereocenters. The van der Waals surface area contributed by atoms with Crippen molar-refractivity contribution in [2.45, 2.75) is 25.0 Å². The van der Waals surface area contributed by atoms with E-state index in [1.807, 2.05) is 48.6 Å². The minimum Gasteiger partial charge on any atom is -0.392 e. The third-order valence-electron chi connectivity index (χ3n) is 4.85. The number of hydrogen-bond donors (Lipinski definition) is 2. The molecule has 0 aromatic heterocycles. The van der Waals surface area contributed by atoms with Gasteiger partial charge in [-0.15, -0.1) is 0 Å².